The maximum Gasteiger partial charge on any atom is 0.254 e. The van der Waals surface area contributed by atoms with Crippen LogP contribution in [0.2, 0.25) is 5.02 Å². The number of nitrogens with one attached hydrogen (secondary N) is 1. The number of hydrogen-bond acceptors (Lipinski definition) is 3. The van der Waals surface area contributed by atoms with Crippen LogP contribution in [0, 0.1) is 5.82 Å². The fourth-order valence-corrected chi connectivity index (χ4v) is 2.30. The van der Waals surface area contributed by atoms with Gasteiger partial charge in [0.2, 0.25) is 0 Å². The van der Waals surface area contributed by atoms with Crippen LogP contribution in [0.1, 0.15) is 15.9 Å². The van der Waals surface area contributed by atoms with Gasteiger partial charge in [-0.15, -0.1) is 0 Å². The van der Waals surface area contributed by atoms with Crippen molar-refractivity contribution < 1.29 is 18.7 Å². The summed E-state index contributed by atoms with van der Waals surface area (Å²) in [6, 6.07) is 9.40. The number of methoxy groups -OCH3 is 2. The number of carbonyl (C=O) groups excluding carboxylic acids is 1. The Balaban J connectivity index is 1.97. The second kappa shape index (κ2) is 7.83. The lowest BCUT2D eigenvalue weighted by Gasteiger charge is -2.10. The first kappa shape index (κ1) is 17.1. The molecule has 4 nitrogen and oxygen atoms in total. The third kappa shape index (κ3) is 4.36. The van der Waals surface area contributed by atoms with Gasteiger partial charge in [0, 0.05) is 11.6 Å². The van der Waals surface area contributed by atoms with Crippen LogP contribution in [0.3, 0.4) is 0 Å². The van der Waals surface area contributed by atoms with Gasteiger partial charge in [-0.05, 0) is 42.3 Å². The van der Waals surface area contributed by atoms with Gasteiger partial charge in [-0.2, -0.15) is 0 Å². The largest absolute Gasteiger partial charge is 0.493 e. The van der Waals surface area contributed by atoms with Crippen LogP contribution in [-0.2, 0) is 6.42 Å². The lowest BCUT2D eigenvalue weighted by molar-refractivity contribution is 0.0950. The van der Waals surface area contributed by atoms with Crippen molar-refractivity contribution in [2.75, 3.05) is 20.8 Å². The minimum absolute atomic E-state index is 0.0650. The van der Waals surface area contributed by atoms with Crippen LogP contribution in [0.5, 0.6) is 11.5 Å². The maximum absolute atomic E-state index is 13.6. The van der Waals surface area contributed by atoms with E-state index in [0.717, 1.165) is 5.56 Å². The van der Waals surface area contributed by atoms with Crippen LogP contribution >= 0.6 is 11.6 Å². The van der Waals surface area contributed by atoms with E-state index in [1.165, 1.54) is 18.2 Å². The van der Waals surface area contributed by atoms with E-state index in [2.05, 4.69) is 5.32 Å². The van der Waals surface area contributed by atoms with Crippen molar-refractivity contribution in [1.29, 1.82) is 0 Å². The van der Waals surface area contributed by atoms with Gasteiger partial charge in [0.25, 0.3) is 5.91 Å². The number of ether oxygens (including phenoxy) is 2. The highest BCUT2D eigenvalue weighted by Crippen LogP contribution is 2.27. The normalized spacial score (nSPS) is 10.3. The highest BCUT2D eigenvalue weighted by molar-refractivity contribution is 6.31. The van der Waals surface area contributed by atoms with Gasteiger partial charge >= 0.3 is 0 Å². The van der Waals surface area contributed by atoms with E-state index in [9.17, 15) is 9.18 Å². The van der Waals surface area contributed by atoms with Crippen molar-refractivity contribution in [3.05, 3.63) is 58.4 Å². The summed E-state index contributed by atoms with van der Waals surface area (Å²) in [5.74, 6) is 0.169. The summed E-state index contributed by atoms with van der Waals surface area (Å²) in [6.07, 6.45) is 0.578. The Morgan fingerprint density at radius 2 is 1.87 bits per heavy atom. The third-order valence-electron chi connectivity index (χ3n) is 3.32. The molecule has 0 fully saturated rings. The summed E-state index contributed by atoms with van der Waals surface area (Å²) in [5, 5.41) is 2.99. The SMILES string of the molecule is COc1ccc(CCNC(=O)c2cc(Cl)ccc2F)cc1OC. The Labute approximate surface area is 139 Å². The first-order chi connectivity index (χ1) is 11.0. The van der Waals surface area contributed by atoms with Crippen LogP contribution in [0.15, 0.2) is 36.4 Å². The van der Waals surface area contributed by atoms with Crippen LogP contribution in [0.25, 0.3) is 0 Å². The first-order valence-electron chi connectivity index (χ1n) is 6.99. The van der Waals surface area contributed by atoms with Crippen LogP contribution in [-0.4, -0.2) is 26.7 Å². The second-order valence-corrected chi connectivity index (χ2v) is 5.26. The first-order valence-corrected chi connectivity index (χ1v) is 7.37. The minimum Gasteiger partial charge on any atom is -0.493 e. The summed E-state index contributed by atoms with van der Waals surface area (Å²) in [7, 11) is 3.13. The second-order valence-electron chi connectivity index (χ2n) is 4.82. The summed E-state index contributed by atoms with van der Waals surface area (Å²) >= 11 is 5.78. The van der Waals surface area contributed by atoms with Gasteiger partial charge in [-0.1, -0.05) is 17.7 Å². The summed E-state index contributed by atoms with van der Waals surface area (Å²) in [5.41, 5.74) is 0.902. The predicted molar refractivity (Wildman–Crippen MR) is 87.0 cm³/mol. The smallest absolute Gasteiger partial charge is 0.254 e. The zero-order chi connectivity index (χ0) is 16.8. The highest BCUT2D eigenvalue weighted by atomic mass is 35.5. The fourth-order valence-electron chi connectivity index (χ4n) is 2.12. The molecular weight excluding hydrogens is 321 g/mol. The van der Waals surface area contributed by atoms with Gasteiger partial charge < -0.3 is 14.8 Å². The van der Waals surface area contributed by atoms with Crippen molar-refractivity contribution in [2.45, 2.75) is 6.42 Å². The molecule has 0 saturated carbocycles. The molecule has 0 bridgehead atoms. The molecule has 1 N–H and O–H groups in total. The Morgan fingerprint density at radius 3 is 2.57 bits per heavy atom. The Hall–Kier alpha value is -2.27. The lowest BCUT2D eigenvalue weighted by atomic mass is 10.1. The van der Waals surface area contributed by atoms with Gasteiger partial charge in [0.15, 0.2) is 11.5 Å². The van der Waals surface area contributed by atoms with Gasteiger partial charge in [-0.25, -0.2) is 4.39 Å². The number of halogens is 2. The Kier molecular flexibility index (Phi) is 5.82. The van der Waals surface area contributed by atoms with Crippen molar-refractivity contribution >= 4 is 17.5 Å². The third-order valence-corrected chi connectivity index (χ3v) is 3.56. The van der Waals surface area contributed by atoms with E-state index < -0.39 is 11.7 Å². The van der Waals surface area contributed by atoms with Crippen molar-refractivity contribution in [3.63, 3.8) is 0 Å². The molecule has 2 rings (SSSR count). The number of carbonyl (C=O) groups is 1. The minimum atomic E-state index is -0.599. The molecule has 0 aromatic heterocycles. The zero-order valence-electron chi connectivity index (χ0n) is 12.9. The van der Waals surface area contributed by atoms with Gasteiger partial charge in [0.05, 0.1) is 19.8 Å². The molecular formula is C17H17ClFNO3. The van der Waals surface area contributed by atoms with Crippen LogP contribution in [0.4, 0.5) is 4.39 Å². The topological polar surface area (TPSA) is 47.6 Å². The van der Waals surface area contributed by atoms with E-state index in [0.29, 0.717) is 29.5 Å². The monoisotopic (exact) mass is 337 g/mol. The summed E-state index contributed by atoms with van der Waals surface area (Å²) in [4.78, 5) is 12.0. The fraction of sp³-hybridized carbons (Fsp3) is 0.235. The molecule has 0 unspecified atom stereocenters. The van der Waals surface area contributed by atoms with E-state index in [1.54, 1.807) is 20.3 Å². The quantitative estimate of drug-likeness (QED) is 0.878. The number of amides is 1. The summed E-state index contributed by atoms with van der Waals surface area (Å²) in [6.45, 7) is 0.361. The number of rotatable bonds is 6. The van der Waals surface area contributed by atoms with Gasteiger partial charge in [0.1, 0.15) is 5.82 Å². The predicted octanol–water partition coefficient (Wildman–Crippen LogP) is 3.47. The molecule has 0 radical (unpaired) electrons. The Bertz CT molecular complexity index is 706. The van der Waals surface area contributed by atoms with E-state index in [1.807, 2.05) is 12.1 Å². The summed E-state index contributed by atoms with van der Waals surface area (Å²) < 4.78 is 24.0. The van der Waals surface area contributed by atoms with Crippen molar-refractivity contribution in [1.82, 2.24) is 5.32 Å². The molecule has 0 saturated heterocycles. The number of hydrogen-bond donors (Lipinski definition) is 1. The number of benzene rings is 2. The molecule has 2 aromatic rings. The molecule has 0 aliphatic rings. The lowest BCUT2D eigenvalue weighted by Crippen LogP contribution is -2.26. The average molecular weight is 338 g/mol. The molecule has 1 amide bonds. The molecule has 0 spiro atoms. The van der Waals surface area contributed by atoms with E-state index in [4.69, 9.17) is 21.1 Å². The molecule has 0 heterocycles. The van der Waals surface area contributed by atoms with E-state index >= 15 is 0 Å². The van der Waals surface area contributed by atoms with Crippen molar-refractivity contribution in [2.24, 2.45) is 0 Å². The molecule has 122 valence electrons. The van der Waals surface area contributed by atoms with Crippen LogP contribution < -0.4 is 14.8 Å². The van der Waals surface area contributed by atoms with Crippen molar-refractivity contribution in [3.8, 4) is 11.5 Å². The molecule has 6 heteroatoms. The van der Waals surface area contributed by atoms with E-state index in [-0.39, 0.29) is 5.56 Å². The van der Waals surface area contributed by atoms with Gasteiger partial charge in [-0.3, -0.25) is 4.79 Å². The maximum atomic E-state index is 13.6. The zero-order valence-corrected chi connectivity index (χ0v) is 13.6. The highest BCUT2D eigenvalue weighted by Gasteiger charge is 2.12. The molecule has 0 aliphatic carbocycles. The molecule has 0 aliphatic heterocycles. The Morgan fingerprint density at radius 1 is 1.13 bits per heavy atom. The molecule has 2 aromatic carbocycles. The molecule has 23 heavy (non-hydrogen) atoms. The molecule has 0 atom stereocenters. The average Bonchev–Trinajstić information content (AvgIpc) is 2.56. The standard InChI is InChI=1S/C17H17ClFNO3/c1-22-15-6-3-11(9-16(15)23-2)7-8-20-17(21)13-10-12(18)4-5-14(13)19/h3-6,9-10H,7-8H2,1-2H3,(H,20,21).